The molecule has 8 aromatic rings. The number of aliphatic imine (C=N–C) groups is 1. The minimum atomic E-state index is -0.359. The van der Waals surface area contributed by atoms with Crippen LogP contribution in [0.1, 0.15) is 99.2 Å². The molecular weight excluding hydrogens is 1410 g/mol. The molecule has 3 aromatic heterocycles. The summed E-state index contributed by atoms with van der Waals surface area (Å²) in [4.78, 5) is 92.1. The summed E-state index contributed by atoms with van der Waals surface area (Å²) in [6, 6.07) is 43.5. The van der Waals surface area contributed by atoms with Gasteiger partial charge in [-0.05, 0) is 145 Å². The van der Waals surface area contributed by atoms with Crippen molar-refractivity contribution in [3.8, 4) is 5.75 Å². The van der Waals surface area contributed by atoms with Crippen molar-refractivity contribution in [2.75, 3.05) is 95.1 Å². The van der Waals surface area contributed by atoms with Gasteiger partial charge in [0.15, 0.2) is 5.48 Å². The van der Waals surface area contributed by atoms with Gasteiger partial charge < -0.3 is 49.6 Å². The molecule has 0 bridgehead atoms. The Hall–Kier alpha value is -11.7. The van der Waals surface area contributed by atoms with Crippen molar-refractivity contribution < 1.29 is 42.6 Å². The summed E-state index contributed by atoms with van der Waals surface area (Å²) in [5.74, 6) is 1.34. The first-order valence-corrected chi connectivity index (χ1v) is 37.5. The average molecular weight is 1510 g/mol. The number of amides is 5. The van der Waals surface area contributed by atoms with Gasteiger partial charge in [-0.2, -0.15) is 5.10 Å². The number of likely N-dealkylation sites (N-methyl/N-ethyl adjacent to an activating group) is 1. The molecule has 0 saturated carbocycles. The van der Waals surface area contributed by atoms with Crippen LogP contribution in [0, 0.1) is 18.7 Å². The number of pyridine rings is 1. The molecule has 0 spiro atoms. The Morgan fingerprint density at radius 2 is 1.41 bits per heavy atom. The second-order valence-corrected chi connectivity index (χ2v) is 27.6. The van der Waals surface area contributed by atoms with Crippen LogP contribution in [-0.2, 0) is 46.5 Å². The van der Waals surface area contributed by atoms with E-state index < -0.39 is 0 Å². The van der Waals surface area contributed by atoms with Crippen molar-refractivity contribution >= 4 is 106 Å². The SMILES string of the molecule is C=C1C/C(=C/c2ccccc2F)C(=O)N1CCC(=O)N1CCN(C)CC1.C=C1C/C(=C\c2ccccc2Cl)C(=O)N1CCCC(=O)Nc1cccnc1.C=c1nnc(=C2C=C(c3cccc(OCC)c3)Nc3ccccc32)n1CC.CCOC(=O)C1CCN(CC(=O)Nc2cc(C)nn2C2=Nc3ccccc3C2)CC1. The third-order valence-electron chi connectivity index (χ3n) is 19.3. The fourth-order valence-electron chi connectivity index (χ4n) is 13.6. The van der Waals surface area contributed by atoms with Gasteiger partial charge >= 0.3 is 5.97 Å². The van der Waals surface area contributed by atoms with Gasteiger partial charge in [0.05, 0.1) is 48.9 Å². The number of fused-ring (bicyclic) bond motifs is 2. The molecule has 0 atom stereocenters. The number of para-hydroxylation sites is 2. The van der Waals surface area contributed by atoms with Crippen LogP contribution in [0.25, 0.3) is 30.0 Å². The lowest BCUT2D eigenvalue weighted by Crippen LogP contribution is -2.47. The number of halogens is 2. The summed E-state index contributed by atoms with van der Waals surface area (Å²) in [7, 11) is 2.04. The predicted molar refractivity (Wildman–Crippen MR) is 428 cm³/mol. The number of nitrogens with one attached hydrogen (secondary N) is 3. The van der Waals surface area contributed by atoms with E-state index in [1.807, 2.05) is 116 Å². The second-order valence-electron chi connectivity index (χ2n) is 27.2. The highest BCUT2D eigenvalue weighted by Gasteiger charge is 2.33. The Kier molecular flexibility index (Phi) is 27.3. The molecule has 4 fully saturated rings. The molecule has 0 unspecified atom stereocenters. The number of hydrogen-bond donors (Lipinski definition) is 3. The fourth-order valence-corrected chi connectivity index (χ4v) is 13.7. The van der Waals surface area contributed by atoms with E-state index in [0.717, 1.165) is 119 Å². The van der Waals surface area contributed by atoms with Crippen LogP contribution < -0.4 is 31.6 Å². The number of benzene rings is 5. The van der Waals surface area contributed by atoms with Crippen LogP contribution in [0.3, 0.4) is 0 Å². The van der Waals surface area contributed by atoms with E-state index in [0.29, 0.717) is 116 Å². The van der Waals surface area contributed by atoms with Crippen molar-refractivity contribution in [1.82, 2.24) is 54.0 Å². The maximum absolute atomic E-state index is 13.8. The van der Waals surface area contributed by atoms with Gasteiger partial charge in [-0.25, -0.2) is 14.1 Å². The number of ether oxygens (including phenoxy) is 2. The van der Waals surface area contributed by atoms with Gasteiger partial charge in [-0.3, -0.25) is 38.7 Å². The van der Waals surface area contributed by atoms with Crippen molar-refractivity contribution in [3.63, 3.8) is 0 Å². The minimum Gasteiger partial charge on any atom is -0.494 e. The first kappa shape index (κ1) is 79.3. The molecule has 0 radical (unpaired) electrons. The smallest absolute Gasteiger partial charge is 0.309 e. The fraction of sp³-hybridized carbons (Fsp3) is 0.306. The molecule has 0 aliphatic carbocycles. The van der Waals surface area contributed by atoms with E-state index in [1.54, 1.807) is 69.3 Å². The molecule has 25 heteroatoms. The topological polar surface area (TPSA) is 247 Å². The summed E-state index contributed by atoms with van der Waals surface area (Å²) < 4.78 is 28.3. The summed E-state index contributed by atoms with van der Waals surface area (Å²) in [6.07, 6.45) is 12.9. The molecule has 570 valence electrons. The van der Waals surface area contributed by atoms with Crippen molar-refractivity contribution in [3.05, 3.63) is 249 Å². The van der Waals surface area contributed by atoms with E-state index in [4.69, 9.17) is 21.1 Å². The zero-order chi connectivity index (χ0) is 77.8. The Morgan fingerprint density at radius 3 is 2.11 bits per heavy atom. The van der Waals surface area contributed by atoms with Crippen LogP contribution in [-0.4, -0.2) is 175 Å². The number of piperidine rings is 1. The number of rotatable bonds is 19. The number of piperazine rings is 1. The maximum Gasteiger partial charge on any atom is 0.309 e. The second kappa shape index (κ2) is 37.9. The Bertz CT molecular complexity index is 4970. The van der Waals surface area contributed by atoms with E-state index in [9.17, 15) is 33.2 Å². The van der Waals surface area contributed by atoms with Crippen LogP contribution >= 0.6 is 11.6 Å². The predicted octanol–water partition coefficient (Wildman–Crippen LogP) is 11.7. The minimum absolute atomic E-state index is 0.0599. The number of likely N-dealkylation sites (tertiary alicyclic amines) is 3. The van der Waals surface area contributed by atoms with Crippen LogP contribution in [0.5, 0.6) is 5.75 Å². The lowest BCUT2D eigenvalue weighted by atomic mass is 9.97. The quantitative estimate of drug-likeness (QED) is 0.0503. The third kappa shape index (κ3) is 20.5. The number of carbonyl (C=O) groups excluding carboxylic acids is 6. The van der Waals surface area contributed by atoms with Crippen LogP contribution in [0.2, 0.25) is 5.02 Å². The summed E-state index contributed by atoms with van der Waals surface area (Å²) in [5, 5.41) is 23.0. The molecule has 5 aromatic carbocycles. The Labute approximate surface area is 645 Å². The molecule has 3 N–H and O–H groups in total. The largest absolute Gasteiger partial charge is 0.494 e. The van der Waals surface area contributed by atoms with Crippen LogP contribution in [0.15, 0.2) is 199 Å². The van der Waals surface area contributed by atoms with Gasteiger partial charge in [0.1, 0.15) is 28.7 Å². The highest BCUT2D eigenvalue weighted by molar-refractivity contribution is 6.32. The number of anilines is 3. The molecule has 110 heavy (non-hydrogen) atoms. The molecule has 5 amide bonds. The zero-order valence-corrected chi connectivity index (χ0v) is 63.7. The normalized spacial score (nSPS) is 16.8. The van der Waals surface area contributed by atoms with Crippen molar-refractivity contribution in [2.24, 2.45) is 10.9 Å². The lowest BCUT2D eigenvalue weighted by molar-refractivity contribution is -0.149. The van der Waals surface area contributed by atoms with E-state index in [2.05, 4.69) is 108 Å². The average Bonchev–Trinajstić information content (AvgIpc) is 1.29. The molecule has 6 aliphatic heterocycles. The summed E-state index contributed by atoms with van der Waals surface area (Å²) in [5.41, 5.74) is 14.1. The third-order valence-corrected chi connectivity index (χ3v) is 19.7. The highest BCUT2D eigenvalue weighted by Crippen LogP contribution is 2.36. The van der Waals surface area contributed by atoms with E-state index in [1.165, 1.54) is 6.07 Å². The van der Waals surface area contributed by atoms with E-state index >= 15 is 0 Å². The van der Waals surface area contributed by atoms with Gasteiger partial charge in [-0.15, -0.1) is 10.2 Å². The molecule has 14 rings (SSSR count). The summed E-state index contributed by atoms with van der Waals surface area (Å²) in [6.45, 7) is 27.2. The summed E-state index contributed by atoms with van der Waals surface area (Å²) >= 11 is 6.17. The first-order valence-electron chi connectivity index (χ1n) is 37.1. The van der Waals surface area contributed by atoms with Crippen molar-refractivity contribution in [2.45, 2.75) is 85.6 Å². The zero-order valence-electron chi connectivity index (χ0n) is 62.9. The Morgan fingerprint density at radius 1 is 0.718 bits per heavy atom. The number of hydrogen-bond acceptors (Lipinski definition) is 16. The van der Waals surface area contributed by atoms with Gasteiger partial charge in [-0.1, -0.05) is 116 Å². The molecule has 23 nitrogen and oxygen atoms in total. The van der Waals surface area contributed by atoms with Gasteiger partial charge in [0.2, 0.25) is 17.7 Å². The lowest BCUT2D eigenvalue weighted by Gasteiger charge is -2.32. The maximum atomic E-state index is 13.8. The number of aromatic nitrogens is 6. The van der Waals surface area contributed by atoms with Crippen LogP contribution in [0.4, 0.5) is 27.3 Å². The van der Waals surface area contributed by atoms with Gasteiger partial charge in [0, 0.05) is 151 Å². The number of allylic oxidation sites excluding steroid dienone is 3. The molecule has 6 aliphatic rings. The van der Waals surface area contributed by atoms with Crippen molar-refractivity contribution in [1.29, 1.82) is 0 Å². The molecular formula is C85H93ClFN15O8. The molecule has 9 heterocycles. The number of carbonyl (C=O) groups is 6. The monoisotopic (exact) mass is 1510 g/mol. The number of esters is 1. The molecule has 4 saturated heterocycles. The first-order chi connectivity index (χ1) is 53.2. The Balaban J connectivity index is 0.000000146. The standard InChI is InChI=1S/C22H27N5O3.C22H22N4O.C21H20ClN3O2.C20H24FN3O2/c1-3-30-22(29)16-8-10-26(11-9-16)14-21(28)24-19-12-15(2)25-27(19)20-13-17-6-4-5-7-18(17)23-20;1-4-26-15(3)24-25-22(26)19-14-21(23-20-12-7-6-11-18(19)20)16-9-8-10-17(13-16)27-5-2;1-15-12-17(13-16-6-2-3-8-19(16)22)21(27)25(15)11-5-9-20(26)24-18-7-4-10-23-14-18;1-15-13-17(14-16-5-3-4-6-18(16)21)20(26)24(15)8-7-19(25)23-11-9-22(2)10-12-23/h4-7,12,16H,3,8-11,13-14H2,1-2H3,(H,24,28);6-14,23H,3-5H2,1-2H3;2-4,6-8,10,13-14H,1,5,9,11-12H2,(H,24,26);3-6,14H,1,7-13H2,2H3/b;;17-13+;17-14-. The number of aryl methyl sites for hydroxylation is 1. The number of nitrogens with zero attached hydrogens (tertiary/aromatic N) is 12. The van der Waals surface area contributed by atoms with Gasteiger partial charge in [0.25, 0.3) is 11.8 Å². The van der Waals surface area contributed by atoms with E-state index in [-0.39, 0.29) is 60.2 Å². The highest BCUT2D eigenvalue weighted by atomic mass is 35.5.